The summed E-state index contributed by atoms with van der Waals surface area (Å²) >= 11 is 0. The molecule has 4 amide bonds. The maximum absolute atomic E-state index is 12.2. The molecule has 0 radical (unpaired) electrons. The smallest absolute Gasteiger partial charge is 0.261 e. The number of carbonyl (C=O) groups is 4. The fourth-order valence-electron chi connectivity index (χ4n) is 4.98. The van der Waals surface area contributed by atoms with Crippen molar-refractivity contribution in [3.05, 3.63) is 107 Å². The molecule has 2 aliphatic heterocycles. The summed E-state index contributed by atoms with van der Waals surface area (Å²) in [6.45, 7) is 3.21. The maximum atomic E-state index is 12.2. The highest BCUT2D eigenvalue weighted by Gasteiger charge is 2.35. The Morgan fingerprint density at radius 2 is 1.00 bits per heavy atom. The SMILES string of the molecule is O=C1c2ccccc2C(=O)N1CCNCCC(O)Cc1ccccc1.O=C1c2ccccc2C(=O)N1CCNCCCO. The molecule has 1 atom stereocenters. The van der Waals surface area contributed by atoms with E-state index in [0.717, 1.165) is 5.56 Å². The van der Waals surface area contributed by atoms with E-state index >= 15 is 0 Å². The Morgan fingerprint density at radius 1 is 0.581 bits per heavy atom. The molecule has 0 saturated heterocycles. The molecule has 43 heavy (non-hydrogen) atoms. The van der Waals surface area contributed by atoms with E-state index in [9.17, 15) is 24.3 Å². The van der Waals surface area contributed by atoms with Gasteiger partial charge in [0.25, 0.3) is 23.6 Å². The second-order valence-corrected chi connectivity index (χ2v) is 10.3. The minimum absolute atomic E-state index is 0.139. The molecular formula is C33H38N4O6. The number of nitrogens with zero attached hydrogens (tertiary/aromatic N) is 2. The molecule has 10 heteroatoms. The van der Waals surface area contributed by atoms with Gasteiger partial charge < -0.3 is 20.8 Å². The first-order valence-electron chi connectivity index (χ1n) is 14.6. The van der Waals surface area contributed by atoms with Crippen molar-refractivity contribution in [2.45, 2.75) is 25.4 Å². The van der Waals surface area contributed by atoms with Crippen LogP contribution in [-0.2, 0) is 6.42 Å². The van der Waals surface area contributed by atoms with E-state index in [0.29, 0.717) is 80.8 Å². The molecule has 0 aromatic heterocycles. The Kier molecular flexibility index (Phi) is 11.7. The van der Waals surface area contributed by atoms with E-state index in [1.807, 2.05) is 30.3 Å². The van der Waals surface area contributed by atoms with E-state index in [2.05, 4.69) is 10.6 Å². The Balaban J connectivity index is 0.000000208. The third kappa shape index (κ3) is 8.20. The van der Waals surface area contributed by atoms with Crippen molar-refractivity contribution in [2.75, 3.05) is 45.9 Å². The van der Waals surface area contributed by atoms with Crippen LogP contribution in [0.1, 0.15) is 59.8 Å². The number of imide groups is 2. The summed E-state index contributed by atoms with van der Waals surface area (Å²) < 4.78 is 0. The van der Waals surface area contributed by atoms with Gasteiger partial charge in [-0.1, -0.05) is 54.6 Å². The zero-order valence-electron chi connectivity index (χ0n) is 24.1. The summed E-state index contributed by atoms with van der Waals surface area (Å²) in [6, 6.07) is 23.6. The van der Waals surface area contributed by atoms with Crippen molar-refractivity contribution in [3.63, 3.8) is 0 Å². The maximum Gasteiger partial charge on any atom is 0.261 e. The highest BCUT2D eigenvalue weighted by atomic mass is 16.3. The topological polar surface area (TPSA) is 139 Å². The fourth-order valence-corrected chi connectivity index (χ4v) is 4.98. The molecule has 0 saturated carbocycles. The lowest BCUT2D eigenvalue weighted by atomic mass is 10.1. The van der Waals surface area contributed by atoms with Gasteiger partial charge in [-0.25, -0.2) is 0 Å². The van der Waals surface area contributed by atoms with Crippen LogP contribution in [-0.4, -0.2) is 95.6 Å². The van der Waals surface area contributed by atoms with Crippen LogP contribution in [0.25, 0.3) is 0 Å². The molecule has 0 bridgehead atoms. The van der Waals surface area contributed by atoms with Crippen LogP contribution >= 0.6 is 0 Å². The van der Waals surface area contributed by atoms with Crippen LogP contribution in [0.5, 0.6) is 0 Å². The molecule has 4 N–H and O–H groups in total. The van der Waals surface area contributed by atoms with Crippen molar-refractivity contribution >= 4 is 23.6 Å². The zero-order valence-corrected chi connectivity index (χ0v) is 24.1. The van der Waals surface area contributed by atoms with Crippen molar-refractivity contribution < 1.29 is 29.4 Å². The van der Waals surface area contributed by atoms with Gasteiger partial charge in [-0.3, -0.25) is 29.0 Å². The number of carbonyl (C=O) groups excluding carboxylic acids is 4. The van der Waals surface area contributed by atoms with E-state index < -0.39 is 6.10 Å². The molecule has 0 fully saturated rings. The van der Waals surface area contributed by atoms with Crippen molar-refractivity contribution in [1.82, 2.24) is 20.4 Å². The van der Waals surface area contributed by atoms with E-state index in [-0.39, 0.29) is 30.2 Å². The average Bonchev–Trinajstić information content (AvgIpc) is 3.42. The summed E-state index contributed by atoms with van der Waals surface area (Å²) in [5.74, 6) is -0.905. The number of nitrogens with one attached hydrogen (secondary N) is 2. The monoisotopic (exact) mass is 586 g/mol. The first-order chi connectivity index (χ1) is 20.9. The van der Waals surface area contributed by atoms with Gasteiger partial charge in [-0.15, -0.1) is 0 Å². The second kappa shape index (κ2) is 15.9. The molecule has 5 rings (SSSR count). The Morgan fingerprint density at radius 3 is 1.44 bits per heavy atom. The minimum Gasteiger partial charge on any atom is -0.396 e. The van der Waals surface area contributed by atoms with Gasteiger partial charge in [-0.05, 0) is 62.2 Å². The first-order valence-corrected chi connectivity index (χ1v) is 14.6. The van der Waals surface area contributed by atoms with E-state index in [1.165, 1.54) is 9.80 Å². The molecule has 10 nitrogen and oxygen atoms in total. The summed E-state index contributed by atoms with van der Waals surface area (Å²) in [4.78, 5) is 50.9. The number of fused-ring (bicyclic) bond motifs is 2. The van der Waals surface area contributed by atoms with Crippen LogP contribution in [0.4, 0.5) is 0 Å². The van der Waals surface area contributed by atoms with E-state index in [1.54, 1.807) is 48.5 Å². The van der Waals surface area contributed by atoms with Gasteiger partial charge in [0.05, 0.1) is 28.4 Å². The molecule has 226 valence electrons. The number of aliphatic hydroxyl groups is 2. The zero-order chi connectivity index (χ0) is 30.6. The highest BCUT2D eigenvalue weighted by Crippen LogP contribution is 2.22. The average molecular weight is 587 g/mol. The summed E-state index contributed by atoms with van der Waals surface area (Å²) in [5.41, 5.74) is 3.04. The van der Waals surface area contributed by atoms with Gasteiger partial charge in [0.2, 0.25) is 0 Å². The molecule has 1 unspecified atom stereocenters. The van der Waals surface area contributed by atoms with Crippen LogP contribution < -0.4 is 10.6 Å². The second-order valence-electron chi connectivity index (χ2n) is 10.3. The quantitative estimate of drug-likeness (QED) is 0.166. The fraction of sp³-hybridized carbons (Fsp3) is 0.333. The van der Waals surface area contributed by atoms with Crippen molar-refractivity contribution in [2.24, 2.45) is 0 Å². The van der Waals surface area contributed by atoms with Crippen LogP contribution in [0.15, 0.2) is 78.9 Å². The third-order valence-corrected chi connectivity index (χ3v) is 7.26. The highest BCUT2D eigenvalue weighted by molar-refractivity contribution is 6.22. The number of amides is 4. The normalized spacial score (nSPS) is 14.5. The van der Waals surface area contributed by atoms with Gasteiger partial charge in [0.15, 0.2) is 0 Å². The number of hydrogen-bond acceptors (Lipinski definition) is 8. The molecule has 3 aromatic rings. The Hall–Kier alpha value is -4.22. The molecule has 3 aromatic carbocycles. The predicted octanol–water partition coefficient (Wildman–Crippen LogP) is 2.12. The van der Waals surface area contributed by atoms with E-state index in [4.69, 9.17) is 5.11 Å². The predicted molar refractivity (Wildman–Crippen MR) is 162 cm³/mol. The molecule has 0 spiro atoms. The number of aliphatic hydroxyl groups excluding tert-OH is 2. The van der Waals surface area contributed by atoms with Gasteiger partial charge >= 0.3 is 0 Å². The largest absolute Gasteiger partial charge is 0.396 e. The minimum atomic E-state index is -0.408. The summed E-state index contributed by atoms with van der Waals surface area (Å²) in [7, 11) is 0. The first kappa shape index (κ1) is 31.7. The third-order valence-electron chi connectivity index (χ3n) is 7.26. The van der Waals surface area contributed by atoms with Gasteiger partial charge in [0.1, 0.15) is 0 Å². The molecule has 0 aliphatic carbocycles. The van der Waals surface area contributed by atoms with Gasteiger partial charge in [0, 0.05) is 32.8 Å². The lowest BCUT2D eigenvalue weighted by Crippen LogP contribution is -2.37. The lowest BCUT2D eigenvalue weighted by Gasteiger charge is -2.15. The molecule has 2 aliphatic rings. The summed E-state index contributed by atoms with van der Waals surface area (Å²) in [6.07, 6.45) is 1.51. The van der Waals surface area contributed by atoms with Crippen molar-refractivity contribution in [1.29, 1.82) is 0 Å². The lowest BCUT2D eigenvalue weighted by molar-refractivity contribution is 0.0640. The molecule has 2 heterocycles. The van der Waals surface area contributed by atoms with Crippen LogP contribution in [0, 0.1) is 0 Å². The van der Waals surface area contributed by atoms with Crippen molar-refractivity contribution in [3.8, 4) is 0 Å². The summed E-state index contributed by atoms with van der Waals surface area (Å²) in [5, 5.41) is 24.9. The standard InChI is InChI=1S/C20H22N2O3.C13H16N2O3/c23-16(14-15-6-2-1-3-7-15)10-11-21-12-13-22-19(24)17-8-4-5-9-18(17)20(22)25;16-9-3-6-14-7-8-15-12(17)10-4-1-2-5-11(10)13(15)18/h1-9,16,21,23H,10-14H2;1-2,4-5,14,16H,3,6-9H2. The molecular weight excluding hydrogens is 548 g/mol. The Bertz CT molecular complexity index is 1340. The number of rotatable bonds is 14. The number of benzene rings is 3. The van der Waals surface area contributed by atoms with Gasteiger partial charge in [-0.2, -0.15) is 0 Å². The van der Waals surface area contributed by atoms with Crippen LogP contribution in [0.3, 0.4) is 0 Å². The number of hydrogen-bond donors (Lipinski definition) is 4. The van der Waals surface area contributed by atoms with Crippen LogP contribution in [0.2, 0.25) is 0 Å². The Labute approximate surface area is 251 Å².